The van der Waals surface area contributed by atoms with Crippen molar-refractivity contribution < 1.29 is 9.53 Å². The van der Waals surface area contributed by atoms with Gasteiger partial charge in [-0.2, -0.15) is 0 Å². The molecule has 0 spiro atoms. The van der Waals surface area contributed by atoms with Crippen LogP contribution in [0.25, 0.3) is 10.9 Å². The van der Waals surface area contributed by atoms with Gasteiger partial charge in [0.05, 0.1) is 12.6 Å². The summed E-state index contributed by atoms with van der Waals surface area (Å²) < 4.78 is 5.20. The van der Waals surface area contributed by atoms with Gasteiger partial charge in [0.2, 0.25) is 0 Å². The van der Waals surface area contributed by atoms with E-state index in [0.29, 0.717) is 29.7 Å². The zero-order valence-corrected chi connectivity index (χ0v) is 10.4. The molecule has 0 bridgehead atoms. The summed E-state index contributed by atoms with van der Waals surface area (Å²) in [5, 5.41) is 0.910. The molecule has 4 nitrogen and oxygen atoms in total. The van der Waals surface area contributed by atoms with Crippen molar-refractivity contribution in [1.29, 1.82) is 0 Å². The molecule has 94 valence electrons. The van der Waals surface area contributed by atoms with Crippen molar-refractivity contribution in [2.75, 3.05) is 7.11 Å². The van der Waals surface area contributed by atoms with Crippen molar-refractivity contribution in [2.24, 2.45) is 0 Å². The Kier molecular flexibility index (Phi) is 3.46. The van der Waals surface area contributed by atoms with Gasteiger partial charge in [-0.1, -0.05) is 12.1 Å². The molecule has 0 saturated heterocycles. The molecule has 0 atom stereocenters. The van der Waals surface area contributed by atoms with Crippen molar-refractivity contribution in [3.63, 3.8) is 0 Å². The molecular weight excluding hydrogens is 230 g/mol. The molecule has 1 heterocycles. The summed E-state index contributed by atoms with van der Waals surface area (Å²) in [6, 6.07) is 7.40. The molecule has 2 aromatic rings. The van der Waals surface area contributed by atoms with Crippen molar-refractivity contribution >= 4 is 16.7 Å². The van der Waals surface area contributed by atoms with Gasteiger partial charge in [-0.15, -0.1) is 0 Å². The highest BCUT2D eigenvalue weighted by Gasteiger charge is 2.07. The molecule has 2 rings (SSSR count). The first kappa shape index (κ1) is 12.4. The van der Waals surface area contributed by atoms with E-state index in [0.717, 1.165) is 5.39 Å². The number of nitrogens with one attached hydrogen (secondary N) is 1. The van der Waals surface area contributed by atoms with Gasteiger partial charge < -0.3 is 14.5 Å². The number of carbonyl (C=O) groups is 1. The Morgan fingerprint density at radius 3 is 2.83 bits per heavy atom. The molecule has 0 saturated carbocycles. The van der Waals surface area contributed by atoms with Crippen LogP contribution < -0.4 is 10.3 Å². The van der Waals surface area contributed by atoms with E-state index in [-0.39, 0.29) is 11.3 Å². The number of ether oxygens (including phenoxy) is 1. The quantitative estimate of drug-likeness (QED) is 0.896. The van der Waals surface area contributed by atoms with E-state index in [9.17, 15) is 9.59 Å². The van der Waals surface area contributed by atoms with Gasteiger partial charge in [0, 0.05) is 17.4 Å². The number of rotatable bonds is 4. The predicted octanol–water partition coefficient (Wildman–Crippen LogP) is 2.06. The summed E-state index contributed by atoms with van der Waals surface area (Å²) in [5.74, 6) is 0.725. The van der Waals surface area contributed by atoms with E-state index < -0.39 is 0 Å². The summed E-state index contributed by atoms with van der Waals surface area (Å²) in [4.78, 5) is 25.7. The van der Waals surface area contributed by atoms with Crippen molar-refractivity contribution in [3.05, 3.63) is 40.2 Å². The highest BCUT2D eigenvalue weighted by atomic mass is 16.5. The normalized spacial score (nSPS) is 10.6. The summed E-state index contributed by atoms with van der Waals surface area (Å²) in [6.45, 7) is 1.53. The van der Waals surface area contributed by atoms with Crippen LogP contribution in [0.3, 0.4) is 0 Å². The first-order valence-corrected chi connectivity index (χ1v) is 5.80. The van der Waals surface area contributed by atoms with Crippen LogP contribution in [0.1, 0.15) is 18.9 Å². The molecule has 1 aromatic heterocycles. The number of hydrogen-bond donors (Lipinski definition) is 1. The SMILES string of the molecule is COc1cccc2cc(CCC(C)=O)c(=O)[nH]c12. The van der Waals surface area contributed by atoms with Crippen LogP contribution >= 0.6 is 0 Å². The van der Waals surface area contributed by atoms with E-state index in [4.69, 9.17) is 4.74 Å². The largest absolute Gasteiger partial charge is 0.495 e. The van der Waals surface area contributed by atoms with Crippen LogP contribution in [-0.4, -0.2) is 17.9 Å². The van der Waals surface area contributed by atoms with Crippen LogP contribution in [0, 0.1) is 0 Å². The molecule has 0 radical (unpaired) electrons. The molecule has 18 heavy (non-hydrogen) atoms. The third-order valence-corrected chi connectivity index (χ3v) is 2.88. The lowest BCUT2D eigenvalue weighted by atomic mass is 10.1. The van der Waals surface area contributed by atoms with Crippen molar-refractivity contribution in [3.8, 4) is 5.75 Å². The van der Waals surface area contributed by atoms with Crippen LogP contribution in [-0.2, 0) is 11.2 Å². The average molecular weight is 245 g/mol. The van der Waals surface area contributed by atoms with E-state index in [1.54, 1.807) is 13.2 Å². The molecular formula is C14H15NO3. The fraction of sp³-hybridized carbons (Fsp3) is 0.286. The average Bonchev–Trinajstić information content (AvgIpc) is 2.35. The fourth-order valence-electron chi connectivity index (χ4n) is 1.92. The smallest absolute Gasteiger partial charge is 0.251 e. The third kappa shape index (κ3) is 2.42. The maximum absolute atomic E-state index is 11.9. The Bertz CT molecular complexity index is 643. The Hall–Kier alpha value is -2.10. The third-order valence-electron chi connectivity index (χ3n) is 2.88. The fourth-order valence-corrected chi connectivity index (χ4v) is 1.92. The zero-order chi connectivity index (χ0) is 13.1. The maximum Gasteiger partial charge on any atom is 0.251 e. The first-order valence-electron chi connectivity index (χ1n) is 5.80. The minimum Gasteiger partial charge on any atom is -0.495 e. The highest BCUT2D eigenvalue weighted by Crippen LogP contribution is 2.22. The monoisotopic (exact) mass is 245 g/mol. The minimum absolute atomic E-state index is 0.0835. The second-order valence-corrected chi connectivity index (χ2v) is 4.25. The number of methoxy groups -OCH3 is 1. The molecule has 0 aliphatic rings. The number of aromatic nitrogens is 1. The van der Waals surface area contributed by atoms with Gasteiger partial charge in [-0.25, -0.2) is 0 Å². The van der Waals surface area contributed by atoms with Gasteiger partial charge in [-0.3, -0.25) is 4.79 Å². The van der Waals surface area contributed by atoms with Crippen LogP contribution in [0.2, 0.25) is 0 Å². The topological polar surface area (TPSA) is 59.2 Å². The lowest BCUT2D eigenvalue weighted by molar-refractivity contribution is -0.116. The molecule has 1 aromatic carbocycles. The standard InChI is InChI=1S/C14H15NO3/c1-9(16)6-7-11-8-10-4-3-5-12(18-2)13(10)15-14(11)17/h3-5,8H,6-7H2,1-2H3,(H,15,17). The van der Waals surface area contributed by atoms with Gasteiger partial charge >= 0.3 is 0 Å². The Morgan fingerprint density at radius 1 is 1.39 bits per heavy atom. The minimum atomic E-state index is -0.159. The highest BCUT2D eigenvalue weighted by molar-refractivity contribution is 5.85. The van der Waals surface area contributed by atoms with Gasteiger partial charge in [0.15, 0.2) is 0 Å². The maximum atomic E-state index is 11.9. The van der Waals surface area contributed by atoms with Crippen molar-refractivity contribution in [2.45, 2.75) is 19.8 Å². The molecule has 0 fully saturated rings. The molecule has 0 aliphatic heterocycles. The Labute approximate surface area is 105 Å². The molecule has 0 aliphatic carbocycles. The molecule has 0 unspecified atom stereocenters. The predicted molar refractivity (Wildman–Crippen MR) is 70.1 cm³/mol. The van der Waals surface area contributed by atoms with E-state index in [1.165, 1.54) is 6.92 Å². The summed E-state index contributed by atoms with van der Waals surface area (Å²) in [5.41, 5.74) is 1.16. The lowest BCUT2D eigenvalue weighted by Crippen LogP contribution is -2.13. The number of Topliss-reactive ketones (excluding diaryl/α,β-unsaturated/α-hetero) is 1. The van der Waals surface area contributed by atoms with E-state index >= 15 is 0 Å². The summed E-state index contributed by atoms with van der Waals surface area (Å²) in [6.07, 6.45) is 0.858. The van der Waals surface area contributed by atoms with Gasteiger partial charge in [0.25, 0.3) is 5.56 Å². The number of benzene rings is 1. The number of hydrogen-bond acceptors (Lipinski definition) is 3. The summed E-state index contributed by atoms with van der Waals surface area (Å²) in [7, 11) is 1.57. The summed E-state index contributed by atoms with van der Waals surface area (Å²) >= 11 is 0. The van der Waals surface area contributed by atoms with E-state index in [1.807, 2.05) is 18.2 Å². The Morgan fingerprint density at radius 2 is 2.17 bits per heavy atom. The molecule has 0 amide bonds. The number of fused-ring (bicyclic) bond motifs is 1. The van der Waals surface area contributed by atoms with Crippen LogP contribution in [0.4, 0.5) is 0 Å². The van der Waals surface area contributed by atoms with Crippen LogP contribution in [0.5, 0.6) is 5.75 Å². The number of pyridine rings is 1. The zero-order valence-electron chi connectivity index (χ0n) is 10.4. The first-order chi connectivity index (χ1) is 8.61. The molecule has 4 heteroatoms. The number of para-hydroxylation sites is 1. The van der Waals surface area contributed by atoms with Gasteiger partial charge in [0.1, 0.15) is 11.5 Å². The van der Waals surface area contributed by atoms with E-state index in [2.05, 4.69) is 4.98 Å². The van der Waals surface area contributed by atoms with Gasteiger partial charge in [-0.05, 0) is 25.5 Å². The lowest BCUT2D eigenvalue weighted by Gasteiger charge is -2.06. The number of carbonyl (C=O) groups excluding carboxylic acids is 1. The van der Waals surface area contributed by atoms with Crippen molar-refractivity contribution in [1.82, 2.24) is 4.98 Å². The molecule has 1 N–H and O–H groups in total. The number of ketones is 1. The number of H-pyrrole nitrogens is 1. The second-order valence-electron chi connectivity index (χ2n) is 4.25. The number of aromatic amines is 1. The second kappa shape index (κ2) is 5.04. The number of aryl methyl sites for hydroxylation is 1. The Balaban J connectivity index is 2.49. The van der Waals surface area contributed by atoms with Crippen LogP contribution in [0.15, 0.2) is 29.1 Å².